The van der Waals surface area contributed by atoms with Gasteiger partial charge in [0, 0.05) is 18.6 Å². The lowest BCUT2D eigenvalue weighted by Gasteiger charge is -2.01. The zero-order chi connectivity index (χ0) is 13.2. The number of nitrogens with zero attached hydrogens (tertiary/aromatic N) is 5. The van der Waals surface area contributed by atoms with Gasteiger partial charge in [-0.2, -0.15) is 0 Å². The molecule has 0 amide bonds. The number of nitrogen functional groups attached to an aromatic ring is 1. The Hall–Kier alpha value is -2.74. The van der Waals surface area contributed by atoms with Crippen LogP contribution in [-0.4, -0.2) is 24.1 Å². The van der Waals surface area contributed by atoms with Crippen molar-refractivity contribution >= 4 is 11.5 Å². The summed E-state index contributed by atoms with van der Waals surface area (Å²) in [5.74, 6) is 5.80. The van der Waals surface area contributed by atoms with E-state index in [2.05, 4.69) is 20.5 Å². The van der Waals surface area contributed by atoms with Gasteiger partial charge in [0.1, 0.15) is 5.82 Å². The normalized spacial score (nSPS) is 10.8. The summed E-state index contributed by atoms with van der Waals surface area (Å²) in [7, 11) is 0. The van der Waals surface area contributed by atoms with Gasteiger partial charge in [-0.25, -0.2) is 24.7 Å². The standard InChI is InChI=1S/C11H11N7O/c12-15-9-2-1-8(5-14-9)7-18-11(19)17-4-3-13-6-10(17)16-18/h1-6H,7,12H2,(H,14,15). The minimum Gasteiger partial charge on any atom is -0.308 e. The van der Waals surface area contributed by atoms with Crippen molar-refractivity contribution in [3.63, 3.8) is 0 Å². The zero-order valence-electron chi connectivity index (χ0n) is 9.89. The molecule has 0 bridgehead atoms. The summed E-state index contributed by atoms with van der Waals surface area (Å²) in [5, 5.41) is 4.19. The summed E-state index contributed by atoms with van der Waals surface area (Å²) in [6.45, 7) is 0.346. The molecule has 0 aliphatic heterocycles. The number of hydrogen-bond donors (Lipinski definition) is 2. The van der Waals surface area contributed by atoms with Gasteiger partial charge in [-0.1, -0.05) is 6.07 Å². The van der Waals surface area contributed by atoms with Crippen LogP contribution in [0.3, 0.4) is 0 Å². The third-order valence-electron chi connectivity index (χ3n) is 2.69. The summed E-state index contributed by atoms with van der Waals surface area (Å²) >= 11 is 0. The monoisotopic (exact) mass is 257 g/mol. The van der Waals surface area contributed by atoms with Gasteiger partial charge in [-0.05, 0) is 11.6 Å². The number of nitrogens with one attached hydrogen (secondary N) is 1. The van der Waals surface area contributed by atoms with Crippen LogP contribution in [0.4, 0.5) is 5.82 Å². The van der Waals surface area contributed by atoms with Crippen LogP contribution in [0.15, 0.2) is 41.7 Å². The van der Waals surface area contributed by atoms with Crippen LogP contribution in [-0.2, 0) is 6.54 Å². The lowest BCUT2D eigenvalue weighted by Crippen LogP contribution is -2.21. The first-order valence-electron chi connectivity index (χ1n) is 5.58. The highest BCUT2D eigenvalue weighted by molar-refractivity contribution is 5.34. The quantitative estimate of drug-likeness (QED) is 0.489. The van der Waals surface area contributed by atoms with Crippen LogP contribution in [0.1, 0.15) is 5.56 Å². The molecule has 0 spiro atoms. The molecule has 0 unspecified atom stereocenters. The van der Waals surface area contributed by atoms with Gasteiger partial charge in [0.2, 0.25) is 0 Å². The molecule has 3 aromatic heterocycles. The molecule has 3 aromatic rings. The van der Waals surface area contributed by atoms with Gasteiger partial charge in [0.15, 0.2) is 5.65 Å². The predicted molar refractivity (Wildman–Crippen MR) is 68.4 cm³/mol. The fourth-order valence-corrected chi connectivity index (χ4v) is 1.76. The van der Waals surface area contributed by atoms with Crippen LogP contribution in [0.5, 0.6) is 0 Å². The van der Waals surface area contributed by atoms with Gasteiger partial charge >= 0.3 is 5.69 Å². The van der Waals surface area contributed by atoms with E-state index in [1.807, 2.05) is 6.07 Å². The van der Waals surface area contributed by atoms with Crippen molar-refractivity contribution in [3.8, 4) is 0 Å². The van der Waals surface area contributed by atoms with Crippen LogP contribution in [0, 0.1) is 0 Å². The highest BCUT2D eigenvalue weighted by Crippen LogP contribution is 2.04. The third-order valence-corrected chi connectivity index (χ3v) is 2.69. The molecule has 0 fully saturated rings. The van der Waals surface area contributed by atoms with Crippen LogP contribution in [0.2, 0.25) is 0 Å². The predicted octanol–water partition coefficient (Wildman–Crippen LogP) is -0.380. The molecule has 0 aromatic carbocycles. The average Bonchev–Trinajstić information content (AvgIpc) is 2.77. The molecule has 3 rings (SSSR count). The van der Waals surface area contributed by atoms with E-state index >= 15 is 0 Å². The lowest BCUT2D eigenvalue weighted by molar-refractivity contribution is 0.657. The Kier molecular flexibility index (Phi) is 2.69. The van der Waals surface area contributed by atoms with Crippen molar-refractivity contribution in [3.05, 3.63) is 53.0 Å². The molecule has 0 atom stereocenters. The van der Waals surface area contributed by atoms with Gasteiger partial charge in [0.05, 0.1) is 12.7 Å². The molecule has 0 aliphatic rings. The van der Waals surface area contributed by atoms with E-state index in [0.717, 1.165) is 5.56 Å². The Morgan fingerprint density at radius 3 is 2.89 bits per heavy atom. The fraction of sp³-hybridized carbons (Fsp3) is 0.0909. The summed E-state index contributed by atoms with van der Waals surface area (Å²) in [4.78, 5) is 20.0. The maximum Gasteiger partial charge on any atom is 0.350 e. The number of hydrazine groups is 1. The minimum atomic E-state index is -0.210. The zero-order valence-corrected chi connectivity index (χ0v) is 9.89. The van der Waals surface area contributed by atoms with Crippen molar-refractivity contribution in [1.82, 2.24) is 24.1 Å². The molecular formula is C11H11N7O. The topological polar surface area (TPSA) is 103 Å². The summed E-state index contributed by atoms with van der Waals surface area (Å²) in [6.07, 6.45) is 6.31. The van der Waals surface area contributed by atoms with Gasteiger partial charge in [0.25, 0.3) is 0 Å². The molecule has 0 radical (unpaired) electrons. The average molecular weight is 257 g/mol. The number of hydrogen-bond acceptors (Lipinski definition) is 6. The molecule has 96 valence electrons. The molecule has 3 N–H and O–H groups in total. The first kappa shape index (κ1) is 11.4. The van der Waals surface area contributed by atoms with E-state index in [1.54, 1.807) is 24.7 Å². The summed E-state index contributed by atoms with van der Waals surface area (Å²) in [6, 6.07) is 3.56. The SMILES string of the molecule is NNc1ccc(Cn2nc3cnccn3c2=O)cn1. The lowest BCUT2D eigenvalue weighted by atomic mass is 10.3. The molecular weight excluding hydrogens is 246 g/mol. The minimum absolute atomic E-state index is 0.210. The first-order valence-corrected chi connectivity index (χ1v) is 5.58. The summed E-state index contributed by atoms with van der Waals surface area (Å²) < 4.78 is 2.81. The first-order chi connectivity index (χ1) is 9.28. The smallest absolute Gasteiger partial charge is 0.308 e. The molecule has 8 heteroatoms. The second-order valence-electron chi connectivity index (χ2n) is 3.94. The van der Waals surface area contributed by atoms with Crippen LogP contribution >= 0.6 is 0 Å². The van der Waals surface area contributed by atoms with Gasteiger partial charge < -0.3 is 5.43 Å². The maximum absolute atomic E-state index is 12.0. The number of rotatable bonds is 3. The molecule has 0 saturated carbocycles. The molecule has 19 heavy (non-hydrogen) atoms. The Bertz CT molecular complexity index is 759. The Balaban J connectivity index is 1.96. The summed E-state index contributed by atoms with van der Waals surface area (Å²) in [5.41, 5.74) is 3.61. The Morgan fingerprint density at radius 1 is 1.32 bits per heavy atom. The van der Waals surface area contributed by atoms with Gasteiger partial charge in [-0.3, -0.25) is 4.98 Å². The number of nitrogens with two attached hydrogens (primary N) is 1. The highest BCUT2D eigenvalue weighted by atomic mass is 16.2. The van der Waals surface area contributed by atoms with E-state index in [-0.39, 0.29) is 5.69 Å². The molecule has 8 nitrogen and oxygen atoms in total. The van der Waals surface area contributed by atoms with Crippen molar-refractivity contribution in [2.24, 2.45) is 5.84 Å². The molecule has 0 aliphatic carbocycles. The number of pyridine rings is 1. The van der Waals surface area contributed by atoms with E-state index in [0.29, 0.717) is 18.0 Å². The third kappa shape index (κ3) is 2.04. The molecule has 0 saturated heterocycles. The fourth-order valence-electron chi connectivity index (χ4n) is 1.76. The van der Waals surface area contributed by atoms with E-state index in [9.17, 15) is 4.79 Å². The second kappa shape index (κ2) is 4.50. The largest absolute Gasteiger partial charge is 0.350 e. The number of anilines is 1. The van der Waals surface area contributed by atoms with Gasteiger partial charge in [-0.15, -0.1) is 5.10 Å². The number of aromatic nitrogens is 5. The van der Waals surface area contributed by atoms with Crippen molar-refractivity contribution in [1.29, 1.82) is 0 Å². The maximum atomic E-state index is 12.0. The number of fused-ring (bicyclic) bond motifs is 1. The van der Waals surface area contributed by atoms with Crippen molar-refractivity contribution in [2.45, 2.75) is 6.54 Å². The van der Waals surface area contributed by atoms with E-state index in [4.69, 9.17) is 5.84 Å². The molecule has 3 heterocycles. The van der Waals surface area contributed by atoms with Crippen LogP contribution in [0.25, 0.3) is 5.65 Å². The Labute approximate surface area is 107 Å². The van der Waals surface area contributed by atoms with Crippen molar-refractivity contribution < 1.29 is 0 Å². The Morgan fingerprint density at radius 2 is 2.21 bits per heavy atom. The van der Waals surface area contributed by atoms with Crippen molar-refractivity contribution in [2.75, 3.05) is 5.43 Å². The van der Waals surface area contributed by atoms with E-state index < -0.39 is 0 Å². The van der Waals surface area contributed by atoms with Crippen LogP contribution < -0.4 is 17.0 Å². The van der Waals surface area contributed by atoms with E-state index in [1.165, 1.54) is 15.3 Å². The second-order valence-corrected chi connectivity index (χ2v) is 3.94. The highest BCUT2D eigenvalue weighted by Gasteiger charge is 2.06.